The summed E-state index contributed by atoms with van der Waals surface area (Å²) < 4.78 is 31.0. The van der Waals surface area contributed by atoms with E-state index in [-0.39, 0.29) is 31.2 Å². The van der Waals surface area contributed by atoms with E-state index in [1.165, 1.54) is 29.0 Å². The Morgan fingerprint density at radius 1 is 1.21 bits per heavy atom. The number of carbonyl (C=O) groups excluding carboxylic acids is 3. The van der Waals surface area contributed by atoms with Crippen molar-refractivity contribution < 1.29 is 33.0 Å². The molecule has 2 N–H and O–H groups in total. The molecule has 0 aromatic heterocycles. The average molecular weight is 525 g/mol. The molecule has 2 aliphatic rings. The summed E-state index contributed by atoms with van der Waals surface area (Å²) in [5, 5.41) is 5.33. The molecule has 0 spiro atoms. The van der Waals surface area contributed by atoms with Gasteiger partial charge in [0.1, 0.15) is 18.5 Å². The summed E-state index contributed by atoms with van der Waals surface area (Å²) in [6.07, 6.45) is 4.54. The molecule has 2 aliphatic heterocycles. The number of benzene rings is 2. The third kappa shape index (κ3) is 6.28. The minimum atomic E-state index is -0.936. The maximum absolute atomic E-state index is 14.9. The van der Waals surface area contributed by atoms with Crippen LogP contribution < -0.4 is 15.5 Å². The number of likely N-dealkylation sites (tertiary alicyclic amines) is 1. The second-order valence-electron chi connectivity index (χ2n) is 8.87. The lowest BCUT2D eigenvalue weighted by atomic mass is 10.1. The van der Waals surface area contributed by atoms with Gasteiger partial charge in [0, 0.05) is 43.6 Å². The van der Waals surface area contributed by atoms with Gasteiger partial charge in [-0.05, 0) is 49.4 Å². The van der Waals surface area contributed by atoms with Crippen molar-refractivity contribution in [2.45, 2.75) is 31.8 Å². The summed E-state index contributed by atoms with van der Waals surface area (Å²) in [7, 11) is 1.49. The number of morpholine rings is 1. The summed E-state index contributed by atoms with van der Waals surface area (Å²) in [6.45, 7) is 2.42. The number of terminal acetylenes is 1. The third-order valence-corrected chi connectivity index (χ3v) is 6.35. The topological polar surface area (TPSA) is 109 Å². The molecule has 0 bridgehead atoms. The number of methoxy groups -OCH3 is 1. The van der Waals surface area contributed by atoms with Crippen LogP contribution in [0.25, 0.3) is 0 Å². The molecule has 200 valence electrons. The van der Waals surface area contributed by atoms with Gasteiger partial charge in [0.05, 0.1) is 18.4 Å². The van der Waals surface area contributed by atoms with E-state index in [1.54, 1.807) is 37.3 Å². The van der Waals surface area contributed by atoms with Gasteiger partial charge in [-0.15, -0.1) is 6.42 Å². The first kappa shape index (κ1) is 27.1. The fraction of sp³-hybridized carbons (Fsp3) is 0.370. The number of nitrogens with one attached hydrogen (secondary N) is 2. The Hall–Kier alpha value is -3.98. The second kappa shape index (κ2) is 12.0. The molecule has 2 fully saturated rings. The third-order valence-electron chi connectivity index (χ3n) is 6.35. The molecule has 4 rings (SSSR count). The van der Waals surface area contributed by atoms with Gasteiger partial charge in [0.25, 0.3) is 5.91 Å². The molecular weight excluding hydrogens is 495 g/mol. The Bertz CT molecular complexity index is 1230. The predicted molar refractivity (Wildman–Crippen MR) is 138 cm³/mol. The Kier molecular flexibility index (Phi) is 8.58. The van der Waals surface area contributed by atoms with Gasteiger partial charge in [0.15, 0.2) is 6.29 Å². The predicted octanol–water partition coefficient (Wildman–Crippen LogP) is 2.79. The zero-order chi connectivity index (χ0) is 27.2. The molecule has 2 aromatic rings. The van der Waals surface area contributed by atoms with Crippen LogP contribution in [0.4, 0.5) is 26.2 Å². The molecular formula is C27H29FN4O6. The summed E-state index contributed by atoms with van der Waals surface area (Å²) in [5.74, 6) is 0.948. The Morgan fingerprint density at radius 3 is 2.63 bits per heavy atom. The van der Waals surface area contributed by atoms with Crippen molar-refractivity contribution in [2.24, 2.45) is 0 Å². The van der Waals surface area contributed by atoms with E-state index in [1.807, 2.05) is 0 Å². The fourth-order valence-electron chi connectivity index (χ4n) is 4.32. The summed E-state index contributed by atoms with van der Waals surface area (Å²) in [4.78, 5) is 41.2. The molecule has 1 unspecified atom stereocenters. The van der Waals surface area contributed by atoms with Crippen LogP contribution in [-0.2, 0) is 23.8 Å². The molecule has 2 saturated heterocycles. The van der Waals surface area contributed by atoms with E-state index in [0.29, 0.717) is 30.1 Å². The summed E-state index contributed by atoms with van der Waals surface area (Å²) in [5.41, 5.74) is 1.46. The SMILES string of the molecule is C#Cc1ccc(NC(=O)N2C[C@H](OC(C)OC)C[C@@H]2C(=O)Nc2ccc(N3CCOCC3=O)cc2F)cc1. The van der Waals surface area contributed by atoms with Crippen molar-refractivity contribution in [3.05, 3.63) is 53.8 Å². The van der Waals surface area contributed by atoms with Crippen molar-refractivity contribution in [3.63, 3.8) is 0 Å². The summed E-state index contributed by atoms with van der Waals surface area (Å²) >= 11 is 0. The van der Waals surface area contributed by atoms with Crippen LogP contribution in [0.15, 0.2) is 42.5 Å². The molecule has 2 aromatic carbocycles. The number of hydrogen-bond donors (Lipinski definition) is 2. The molecule has 38 heavy (non-hydrogen) atoms. The van der Waals surface area contributed by atoms with Gasteiger partial charge >= 0.3 is 6.03 Å². The number of carbonyl (C=O) groups is 3. The highest BCUT2D eigenvalue weighted by Gasteiger charge is 2.41. The highest BCUT2D eigenvalue weighted by atomic mass is 19.1. The number of amides is 4. The molecule has 11 heteroatoms. The first-order chi connectivity index (χ1) is 18.3. The summed E-state index contributed by atoms with van der Waals surface area (Å²) in [6, 6.07) is 9.37. The Balaban J connectivity index is 1.49. The van der Waals surface area contributed by atoms with Crippen molar-refractivity contribution in [2.75, 3.05) is 48.9 Å². The normalized spacial score (nSPS) is 20.1. The van der Waals surface area contributed by atoms with Crippen LogP contribution in [0.2, 0.25) is 0 Å². The lowest BCUT2D eigenvalue weighted by molar-refractivity contribution is -0.140. The lowest BCUT2D eigenvalue weighted by Crippen LogP contribution is -2.45. The van der Waals surface area contributed by atoms with Crippen LogP contribution in [0.5, 0.6) is 0 Å². The Labute approximate surface area is 220 Å². The van der Waals surface area contributed by atoms with Crippen molar-refractivity contribution in [1.82, 2.24) is 4.90 Å². The van der Waals surface area contributed by atoms with Gasteiger partial charge < -0.3 is 34.6 Å². The molecule has 4 amide bonds. The zero-order valence-corrected chi connectivity index (χ0v) is 21.1. The lowest BCUT2D eigenvalue weighted by Gasteiger charge is -2.27. The highest BCUT2D eigenvalue weighted by Crippen LogP contribution is 2.27. The first-order valence-corrected chi connectivity index (χ1v) is 12.1. The van der Waals surface area contributed by atoms with Gasteiger partial charge in [-0.2, -0.15) is 0 Å². The molecule has 0 radical (unpaired) electrons. The number of urea groups is 1. The van der Waals surface area contributed by atoms with Gasteiger partial charge in [0.2, 0.25) is 5.91 Å². The van der Waals surface area contributed by atoms with Crippen LogP contribution in [0, 0.1) is 18.2 Å². The Morgan fingerprint density at radius 2 is 1.97 bits per heavy atom. The number of nitrogens with zero attached hydrogens (tertiary/aromatic N) is 2. The molecule has 10 nitrogen and oxygen atoms in total. The van der Waals surface area contributed by atoms with E-state index < -0.39 is 36.2 Å². The van der Waals surface area contributed by atoms with Crippen LogP contribution in [-0.4, -0.2) is 74.6 Å². The van der Waals surface area contributed by atoms with Crippen molar-refractivity contribution >= 4 is 34.9 Å². The highest BCUT2D eigenvalue weighted by molar-refractivity contribution is 6.00. The van der Waals surface area contributed by atoms with E-state index >= 15 is 0 Å². The van der Waals surface area contributed by atoms with Gasteiger partial charge in [-0.3, -0.25) is 9.59 Å². The molecule has 3 atom stereocenters. The monoisotopic (exact) mass is 524 g/mol. The number of halogens is 1. The minimum Gasteiger partial charge on any atom is -0.370 e. The molecule has 2 heterocycles. The average Bonchev–Trinajstić information content (AvgIpc) is 3.34. The van der Waals surface area contributed by atoms with E-state index in [4.69, 9.17) is 20.6 Å². The maximum atomic E-state index is 14.9. The van der Waals surface area contributed by atoms with Crippen LogP contribution in [0.1, 0.15) is 18.9 Å². The van der Waals surface area contributed by atoms with Crippen molar-refractivity contribution in [1.29, 1.82) is 0 Å². The number of ether oxygens (including phenoxy) is 3. The van der Waals surface area contributed by atoms with Gasteiger partial charge in [-0.1, -0.05) is 5.92 Å². The second-order valence-corrected chi connectivity index (χ2v) is 8.87. The van der Waals surface area contributed by atoms with Crippen LogP contribution >= 0.6 is 0 Å². The fourth-order valence-corrected chi connectivity index (χ4v) is 4.32. The van der Waals surface area contributed by atoms with Crippen LogP contribution in [0.3, 0.4) is 0 Å². The van der Waals surface area contributed by atoms with Gasteiger partial charge in [-0.25, -0.2) is 9.18 Å². The smallest absolute Gasteiger partial charge is 0.322 e. The maximum Gasteiger partial charge on any atom is 0.322 e. The van der Waals surface area contributed by atoms with E-state index in [0.717, 1.165) is 0 Å². The van der Waals surface area contributed by atoms with Crippen molar-refractivity contribution in [3.8, 4) is 12.3 Å². The molecule has 0 aliphatic carbocycles. The zero-order valence-electron chi connectivity index (χ0n) is 21.1. The number of anilines is 3. The quantitative estimate of drug-likeness (QED) is 0.426. The number of rotatable bonds is 7. The first-order valence-electron chi connectivity index (χ1n) is 12.1. The minimum absolute atomic E-state index is 0.0701. The van der Waals surface area contributed by atoms with E-state index in [9.17, 15) is 18.8 Å². The molecule has 0 saturated carbocycles. The standard InChI is InChI=1S/C27H29FN4O6/c1-4-18-5-7-19(8-6-18)29-27(35)32-15-21(38-17(2)36-3)14-24(32)26(34)30-23-10-9-20(13-22(23)28)31-11-12-37-16-25(31)33/h1,5-10,13,17,21,24H,11-12,14-16H2,2-3H3,(H,29,35)(H,30,34)/t17?,21-,24-/m1/s1. The van der Waals surface area contributed by atoms with E-state index in [2.05, 4.69) is 16.6 Å². The number of hydrogen-bond acceptors (Lipinski definition) is 6. The largest absolute Gasteiger partial charge is 0.370 e.